The molecule has 0 aliphatic carbocycles. The second-order valence-corrected chi connectivity index (χ2v) is 64.4. The van der Waals surface area contributed by atoms with E-state index in [2.05, 4.69) is 0 Å². The van der Waals surface area contributed by atoms with Gasteiger partial charge in [-0.15, -0.1) is 0 Å². The van der Waals surface area contributed by atoms with Crippen LogP contribution in [0.25, 0.3) is 0 Å². The smallest absolute Gasteiger partial charge is 1.00 e. The van der Waals surface area contributed by atoms with E-state index in [4.69, 9.17) is 56.5 Å². The Bertz CT molecular complexity index is 67.1. The summed E-state index contributed by atoms with van der Waals surface area (Å²) in [5.74, 6) is 0. The van der Waals surface area contributed by atoms with Crippen molar-refractivity contribution in [1.82, 2.24) is 0 Å². The minimum Gasteiger partial charge on any atom is 1.00 e. The van der Waals surface area contributed by atoms with Crippen LogP contribution in [0.2, 0.25) is 0 Å². The zero-order chi connectivity index (χ0) is 6.41. The molecular formula is HCl6W+. The molecule has 0 aromatic heterocycles. The predicted molar refractivity (Wildman–Crippen MR) is 36.2 cm³/mol. The van der Waals surface area contributed by atoms with Crippen molar-refractivity contribution in [1.29, 1.82) is 0 Å². The Labute approximate surface area is 64.5 Å². The van der Waals surface area contributed by atoms with Crippen LogP contribution in [0.15, 0.2) is 0 Å². The number of rotatable bonds is 0. The van der Waals surface area contributed by atoms with Gasteiger partial charge in [0.1, 0.15) is 0 Å². The van der Waals surface area contributed by atoms with Gasteiger partial charge in [-0.05, 0) is 0 Å². The van der Waals surface area contributed by atoms with Crippen molar-refractivity contribution in [2.24, 2.45) is 0 Å². The van der Waals surface area contributed by atoms with Crippen LogP contribution in [0.3, 0.4) is 0 Å². The largest absolute Gasteiger partial charge is 1.00 e. The summed E-state index contributed by atoms with van der Waals surface area (Å²) < 4.78 is 0. The van der Waals surface area contributed by atoms with E-state index < -0.39 is 7.31 Å². The van der Waals surface area contributed by atoms with Gasteiger partial charge < -0.3 is 0 Å². The summed E-state index contributed by atoms with van der Waals surface area (Å²) in [4.78, 5) is 0. The Balaban J connectivity index is 0. The van der Waals surface area contributed by atoms with Gasteiger partial charge in [0.05, 0.1) is 0 Å². The SMILES string of the molecule is [Cl][W]([Cl])([Cl])([Cl])([Cl])[Cl].[H+]. The van der Waals surface area contributed by atoms with Crippen LogP contribution in [0.1, 0.15) is 1.43 Å². The summed E-state index contributed by atoms with van der Waals surface area (Å²) >= 11 is 0. The first kappa shape index (κ1) is 9.43. The number of hydrogen-bond donors (Lipinski definition) is 0. The van der Waals surface area contributed by atoms with Crippen LogP contribution in [0.4, 0.5) is 0 Å². The predicted octanol–water partition coefficient (Wildman–Crippen LogP) is 4.25. The molecule has 0 unspecified atom stereocenters. The van der Waals surface area contributed by atoms with Crippen molar-refractivity contribution in [3.05, 3.63) is 0 Å². The standard InChI is InChI=1S/6ClH.W/h6*1H;/q;;;;;;+6/p-5. The van der Waals surface area contributed by atoms with Crippen LogP contribution < -0.4 is 0 Å². The van der Waals surface area contributed by atoms with E-state index in [-0.39, 0.29) is 1.43 Å². The van der Waals surface area contributed by atoms with Gasteiger partial charge in [0.2, 0.25) is 0 Å². The van der Waals surface area contributed by atoms with Crippen LogP contribution in [0.5, 0.6) is 0 Å². The first-order valence-electron chi connectivity index (χ1n) is 0.926. The molecule has 0 radical (unpaired) electrons. The zero-order valence-corrected chi connectivity index (χ0v) is 10.1. The van der Waals surface area contributed by atoms with E-state index in [9.17, 15) is 0 Å². The second kappa shape index (κ2) is 1.53. The molecule has 0 aliphatic heterocycles. The Morgan fingerprint density at radius 2 is 0.714 bits per heavy atom. The van der Waals surface area contributed by atoms with E-state index in [1.807, 2.05) is 0 Å². The first-order chi connectivity index (χ1) is 2.45. The minimum atomic E-state index is -5.47. The first-order valence-corrected chi connectivity index (χ1v) is 22.7. The summed E-state index contributed by atoms with van der Waals surface area (Å²) in [6, 6.07) is 0. The van der Waals surface area contributed by atoms with Crippen molar-refractivity contribution < 1.29 is 8.74 Å². The summed E-state index contributed by atoms with van der Waals surface area (Å²) in [6.45, 7) is 0. The zero-order valence-electron chi connectivity index (χ0n) is 3.68. The normalized spacial score (nSPS) is 23.1. The third kappa shape index (κ3) is 59.1. The molecule has 0 aromatic carbocycles. The van der Waals surface area contributed by atoms with Gasteiger partial charge in [0.25, 0.3) is 0 Å². The van der Waals surface area contributed by atoms with Crippen molar-refractivity contribution >= 4 is 56.5 Å². The Morgan fingerprint density at radius 1 is 0.714 bits per heavy atom. The fourth-order valence-corrected chi connectivity index (χ4v) is 0. The molecule has 7 heavy (non-hydrogen) atoms. The minimum absolute atomic E-state index is 0. The average Bonchev–Trinajstić information content (AvgIpc) is 0.592. The monoisotopic (exact) mass is 395 g/mol. The van der Waals surface area contributed by atoms with Crippen molar-refractivity contribution in [2.45, 2.75) is 0 Å². The van der Waals surface area contributed by atoms with E-state index >= 15 is 0 Å². The summed E-state index contributed by atoms with van der Waals surface area (Å²) in [5.41, 5.74) is 0. The van der Waals surface area contributed by atoms with Gasteiger partial charge in [0.15, 0.2) is 0 Å². The molecule has 7 heteroatoms. The summed E-state index contributed by atoms with van der Waals surface area (Å²) in [7, 11) is 24.9. The molecule has 0 rings (SSSR count). The molecule has 0 nitrogen and oxygen atoms in total. The van der Waals surface area contributed by atoms with Gasteiger partial charge in [-0.3, -0.25) is 0 Å². The molecule has 0 heterocycles. The fraction of sp³-hybridized carbons (Fsp3) is 0. The van der Waals surface area contributed by atoms with Crippen LogP contribution in [0, 0.1) is 0 Å². The van der Waals surface area contributed by atoms with E-state index in [0.29, 0.717) is 0 Å². The Morgan fingerprint density at radius 3 is 0.714 bits per heavy atom. The van der Waals surface area contributed by atoms with Gasteiger partial charge in [-0.1, -0.05) is 0 Å². The van der Waals surface area contributed by atoms with Gasteiger partial charge in [-0.2, -0.15) is 0 Å². The van der Waals surface area contributed by atoms with Gasteiger partial charge in [-0.25, -0.2) is 0 Å². The van der Waals surface area contributed by atoms with Crippen molar-refractivity contribution in [2.75, 3.05) is 0 Å². The quantitative estimate of drug-likeness (QED) is 0.573. The van der Waals surface area contributed by atoms with Gasteiger partial charge in [0, 0.05) is 0 Å². The molecule has 0 atom stereocenters. The molecule has 0 aromatic rings. The molecule has 0 amide bonds. The maximum atomic E-state index is 5.07. The number of hydrogen-bond acceptors (Lipinski definition) is 0. The van der Waals surface area contributed by atoms with Crippen LogP contribution in [-0.4, -0.2) is 0 Å². The van der Waals surface area contributed by atoms with Crippen molar-refractivity contribution in [3.8, 4) is 0 Å². The fourth-order valence-electron chi connectivity index (χ4n) is 0. The molecule has 0 saturated heterocycles. The molecule has 0 bridgehead atoms. The molecule has 0 fully saturated rings. The second-order valence-electron chi connectivity index (χ2n) is 0.875. The Kier molecular flexibility index (Phi) is 2.06. The molecule has 0 saturated carbocycles. The van der Waals surface area contributed by atoms with E-state index in [1.54, 1.807) is 0 Å². The maximum Gasteiger partial charge on any atom is 1.00 e. The molecular weight excluding hydrogens is 397 g/mol. The number of halogens is 6. The third-order valence-corrected chi connectivity index (χ3v) is 0. The molecule has 48 valence electrons. The van der Waals surface area contributed by atoms with Gasteiger partial charge >= 0.3 is 65.2 Å². The summed E-state index contributed by atoms with van der Waals surface area (Å²) in [5, 5.41) is 0. The third-order valence-electron chi connectivity index (χ3n) is 0. The topological polar surface area (TPSA) is 0 Å². The molecule has 0 aliphatic rings. The molecule has 0 N–H and O–H groups in total. The van der Waals surface area contributed by atoms with E-state index in [0.717, 1.165) is 0 Å². The van der Waals surface area contributed by atoms with Crippen LogP contribution >= 0.6 is 56.5 Å². The molecule has 0 spiro atoms. The van der Waals surface area contributed by atoms with E-state index in [1.165, 1.54) is 0 Å². The Hall–Kier alpha value is 2.43. The average molecular weight is 398 g/mol. The van der Waals surface area contributed by atoms with Crippen LogP contribution in [-0.2, 0) is 7.31 Å². The summed E-state index contributed by atoms with van der Waals surface area (Å²) in [6.07, 6.45) is 0. The van der Waals surface area contributed by atoms with Crippen molar-refractivity contribution in [3.63, 3.8) is 0 Å². The maximum absolute atomic E-state index is 5.47.